The first-order valence-corrected chi connectivity index (χ1v) is 13.2. The van der Waals surface area contributed by atoms with E-state index < -0.39 is 9.84 Å². The van der Waals surface area contributed by atoms with Gasteiger partial charge in [-0.15, -0.1) is 0 Å². The second-order valence-corrected chi connectivity index (χ2v) is 11.2. The zero-order valence-electron chi connectivity index (χ0n) is 18.1. The van der Waals surface area contributed by atoms with Crippen molar-refractivity contribution in [2.45, 2.75) is 25.8 Å². The van der Waals surface area contributed by atoms with Crippen molar-refractivity contribution in [1.82, 2.24) is 19.5 Å². The molecule has 2 aromatic heterocycles. The molecule has 1 saturated heterocycles. The molecule has 3 heterocycles. The molecule has 0 aliphatic carbocycles. The fraction of sp³-hybridized carbons (Fsp3) is 0.476. The van der Waals surface area contributed by atoms with Crippen LogP contribution in [0, 0.1) is 5.92 Å². The molecule has 1 aliphatic heterocycles. The Morgan fingerprint density at radius 3 is 2.72 bits per heavy atom. The van der Waals surface area contributed by atoms with Crippen LogP contribution in [0.15, 0.2) is 29.0 Å². The van der Waals surface area contributed by atoms with Crippen LogP contribution in [-0.4, -0.2) is 53.1 Å². The van der Waals surface area contributed by atoms with Gasteiger partial charge in [0.1, 0.15) is 21.1 Å². The van der Waals surface area contributed by atoms with Crippen LogP contribution >= 0.6 is 15.9 Å². The van der Waals surface area contributed by atoms with Gasteiger partial charge in [-0.3, -0.25) is 0 Å². The average molecular weight is 523 g/mol. The van der Waals surface area contributed by atoms with Gasteiger partial charge in [-0.2, -0.15) is 9.97 Å². The number of anilines is 2. The maximum absolute atomic E-state index is 11.6. The van der Waals surface area contributed by atoms with Gasteiger partial charge >= 0.3 is 0 Å². The Morgan fingerprint density at radius 2 is 2.00 bits per heavy atom. The zero-order chi connectivity index (χ0) is 22.7. The molecule has 1 aliphatic rings. The Balaban J connectivity index is 1.44. The number of nitrogens with zero attached hydrogens (tertiary/aromatic N) is 4. The molecule has 1 aromatic carbocycles. The van der Waals surface area contributed by atoms with Crippen molar-refractivity contribution in [3.05, 3.63) is 34.6 Å². The minimum Gasteiger partial charge on any atom is -0.496 e. The van der Waals surface area contributed by atoms with Crippen molar-refractivity contribution < 1.29 is 13.2 Å². The number of hydrogen-bond donors (Lipinski definition) is 2. The fourth-order valence-corrected chi connectivity index (χ4v) is 6.06. The minimum atomic E-state index is -2.83. The second-order valence-electron chi connectivity index (χ2n) is 8.06. The monoisotopic (exact) mass is 522 g/mol. The van der Waals surface area contributed by atoms with Crippen molar-refractivity contribution in [2.75, 3.05) is 35.8 Å². The Morgan fingerprint density at radius 1 is 1.22 bits per heavy atom. The van der Waals surface area contributed by atoms with E-state index >= 15 is 0 Å². The zero-order valence-corrected chi connectivity index (χ0v) is 20.5. The van der Waals surface area contributed by atoms with Gasteiger partial charge in [0.15, 0.2) is 11.5 Å². The van der Waals surface area contributed by atoms with E-state index in [9.17, 15) is 8.42 Å². The lowest BCUT2D eigenvalue weighted by molar-refractivity contribution is 0.412. The summed E-state index contributed by atoms with van der Waals surface area (Å²) in [6.45, 7) is 1.27. The Kier molecular flexibility index (Phi) is 6.85. The predicted octanol–water partition coefficient (Wildman–Crippen LogP) is 3.37. The van der Waals surface area contributed by atoms with Crippen LogP contribution in [-0.2, 0) is 23.4 Å². The smallest absolute Gasteiger partial charge is 0.226 e. The SMILES string of the molecule is COc1ccc(CNc2nc(NCCC3CCS(=O)(=O)CC3)nc3ncn(C)c23)cc1Br. The van der Waals surface area contributed by atoms with Gasteiger partial charge in [-0.05, 0) is 58.8 Å². The summed E-state index contributed by atoms with van der Waals surface area (Å²) in [6.07, 6.45) is 4.07. The van der Waals surface area contributed by atoms with Crippen LogP contribution in [0.4, 0.5) is 11.8 Å². The molecule has 9 nitrogen and oxygen atoms in total. The second kappa shape index (κ2) is 9.62. The quantitative estimate of drug-likeness (QED) is 0.463. The van der Waals surface area contributed by atoms with E-state index in [4.69, 9.17) is 4.74 Å². The molecule has 0 saturated carbocycles. The lowest BCUT2D eigenvalue weighted by Gasteiger charge is -2.21. The van der Waals surface area contributed by atoms with Gasteiger partial charge in [0.25, 0.3) is 0 Å². The largest absolute Gasteiger partial charge is 0.496 e. The molecule has 0 unspecified atom stereocenters. The molecule has 0 amide bonds. The summed E-state index contributed by atoms with van der Waals surface area (Å²) in [5.74, 6) is 3.00. The summed E-state index contributed by atoms with van der Waals surface area (Å²) >= 11 is 3.52. The molecule has 1 fully saturated rings. The Bertz CT molecular complexity index is 1200. The molecule has 0 atom stereocenters. The molecule has 11 heteroatoms. The number of imidazole rings is 1. The van der Waals surface area contributed by atoms with Crippen molar-refractivity contribution in [3.8, 4) is 5.75 Å². The van der Waals surface area contributed by atoms with E-state index in [-0.39, 0.29) is 0 Å². The molecule has 0 radical (unpaired) electrons. The third-order valence-electron chi connectivity index (χ3n) is 5.76. The van der Waals surface area contributed by atoms with E-state index in [0.717, 1.165) is 40.6 Å². The van der Waals surface area contributed by atoms with Crippen LogP contribution in [0.25, 0.3) is 11.2 Å². The first-order chi connectivity index (χ1) is 15.3. The van der Waals surface area contributed by atoms with Crippen LogP contribution < -0.4 is 15.4 Å². The van der Waals surface area contributed by atoms with Crippen LogP contribution in [0.2, 0.25) is 0 Å². The minimum absolute atomic E-state index is 0.295. The number of benzene rings is 1. The van der Waals surface area contributed by atoms with E-state index in [0.29, 0.717) is 47.9 Å². The number of methoxy groups -OCH3 is 1. The molecule has 32 heavy (non-hydrogen) atoms. The highest BCUT2D eigenvalue weighted by Gasteiger charge is 2.23. The number of fused-ring (bicyclic) bond motifs is 1. The number of aryl methyl sites for hydroxylation is 1. The van der Waals surface area contributed by atoms with Crippen molar-refractivity contribution in [2.24, 2.45) is 13.0 Å². The third kappa shape index (κ3) is 5.32. The Hall–Kier alpha value is -2.40. The summed E-state index contributed by atoms with van der Waals surface area (Å²) < 4.78 is 31.3. The highest BCUT2D eigenvalue weighted by Crippen LogP contribution is 2.27. The first kappa shape index (κ1) is 22.8. The van der Waals surface area contributed by atoms with Gasteiger partial charge in [0.2, 0.25) is 5.95 Å². The Labute approximate surface area is 196 Å². The van der Waals surface area contributed by atoms with Crippen molar-refractivity contribution in [1.29, 1.82) is 0 Å². The molecule has 0 spiro atoms. The number of aromatic nitrogens is 4. The van der Waals surface area contributed by atoms with Crippen molar-refractivity contribution in [3.63, 3.8) is 0 Å². The van der Waals surface area contributed by atoms with E-state index in [2.05, 4.69) is 41.5 Å². The number of nitrogens with one attached hydrogen (secondary N) is 2. The van der Waals surface area contributed by atoms with E-state index in [1.165, 1.54) is 0 Å². The summed E-state index contributed by atoms with van der Waals surface area (Å²) in [4.78, 5) is 13.6. The molecular weight excluding hydrogens is 496 g/mol. The highest BCUT2D eigenvalue weighted by molar-refractivity contribution is 9.10. The predicted molar refractivity (Wildman–Crippen MR) is 129 cm³/mol. The lowest BCUT2D eigenvalue weighted by Crippen LogP contribution is -2.24. The first-order valence-electron chi connectivity index (χ1n) is 10.5. The summed E-state index contributed by atoms with van der Waals surface area (Å²) in [7, 11) is 0.726. The molecule has 3 aromatic rings. The van der Waals surface area contributed by atoms with Gasteiger partial charge in [-0.1, -0.05) is 6.07 Å². The topological polar surface area (TPSA) is 111 Å². The summed E-state index contributed by atoms with van der Waals surface area (Å²) in [6, 6.07) is 5.93. The van der Waals surface area contributed by atoms with Crippen LogP contribution in [0.5, 0.6) is 5.75 Å². The fourth-order valence-electron chi connectivity index (χ4n) is 3.88. The number of rotatable bonds is 8. The molecule has 2 N–H and O–H groups in total. The lowest BCUT2D eigenvalue weighted by atomic mass is 9.99. The molecular formula is C21H27BrN6O3S. The molecule has 172 valence electrons. The maximum atomic E-state index is 11.6. The van der Waals surface area contributed by atoms with Gasteiger partial charge < -0.3 is 19.9 Å². The average Bonchev–Trinajstić information content (AvgIpc) is 3.14. The number of hydrogen-bond acceptors (Lipinski definition) is 8. The van der Waals surface area contributed by atoms with Crippen LogP contribution in [0.1, 0.15) is 24.8 Å². The third-order valence-corrected chi connectivity index (χ3v) is 8.09. The normalized spacial score (nSPS) is 16.2. The number of sulfone groups is 1. The van der Waals surface area contributed by atoms with E-state index in [1.807, 2.05) is 29.8 Å². The van der Waals surface area contributed by atoms with E-state index in [1.54, 1.807) is 13.4 Å². The van der Waals surface area contributed by atoms with Gasteiger partial charge in [0.05, 0.1) is 29.4 Å². The maximum Gasteiger partial charge on any atom is 0.226 e. The van der Waals surface area contributed by atoms with Crippen LogP contribution in [0.3, 0.4) is 0 Å². The molecule has 4 rings (SSSR count). The van der Waals surface area contributed by atoms with Gasteiger partial charge in [-0.25, -0.2) is 13.4 Å². The van der Waals surface area contributed by atoms with Gasteiger partial charge in [0, 0.05) is 20.1 Å². The summed E-state index contributed by atoms with van der Waals surface area (Å²) in [5, 5.41) is 6.70. The standard InChI is InChI=1S/C21H27BrN6O3S/c1-28-13-25-20-18(28)19(24-12-15-3-4-17(31-2)16(22)11-15)26-21(27-20)23-8-5-14-6-9-32(29,30)10-7-14/h3-4,11,13-14H,5-10,12H2,1-2H3,(H2,23,24,26,27). The molecule has 0 bridgehead atoms. The summed E-state index contributed by atoms with van der Waals surface area (Å²) in [5.41, 5.74) is 2.53. The number of ether oxygens (including phenoxy) is 1. The number of halogens is 1. The highest BCUT2D eigenvalue weighted by atomic mass is 79.9. The van der Waals surface area contributed by atoms with Crippen molar-refractivity contribution >= 4 is 48.7 Å².